The van der Waals surface area contributed by atoms with E-state index in [1.807, 2.05) is 87.3 Å². The molecule has 12 heterocycles. The molecule has 0 aromatic carbocycles. The van der Waals surface area contributed by atoms with Gasteiger partial charge in [-0.25, -0.2) is 4.98 Å². The Balaban J connectivity index is 0.000000141. The van der Waals surface area contributed by atoms with Crippen molar-refractivity contribution in [2.75, 3.05) is 18.8 Å². The van der Waals surface area contributed by atoms with Gasteiger partial charge in [0.05, 0.1) is 69.5 Å². The van der Waals surface area contributed by atoms with Gasteiger partial charge in [-0.05, 0) is 90.7 Å². The first-order chi connectivity index (χ1) is 30.1. The average Bonchev–Trinajstić information content (AvgIpc) is 4.16. The summed E-state index contributed by atoms with van der Waals surface area (Å²) in [5.41, 5.74) is 16.4. The number of pyridine rings is 4. The lowest BCUT2D eigenvalue weighted by atomic mass is 10.0. The fourth-order valence-electron chi connectivity index (χ4n) is 7.96. The standard InChI is InChI=1S/C22H19N7S.C22H18N6S.C2H6/c1-12-24-10-20(29(12)2)17-7-15-19(9-25-17)27-28-22(15)18-8-14-16(26-18)3-5-23-21(14)13-4-6-30-11-13;1-5-23-6-2-13(1)18-9-16-20(11-25-18)27-28-22(16)19-10-15-17(26-19)3-7-24-21(15)14-4-8-29-12-14;1-2/h3,5,7-11,26H,4,6H2,1-2H3,(H,27,28);1,3-4,7-12,23,26H,2,5-6H2,(H,27,28);1-2H3. The molecule has 0 saturated heterocycles. The molecule has 0 radical (unpaired) electrons. The van der Waals surface area contributed by atoms with Crippen LogP contribution in [0.25, 0.3) is 100 Å². The minimum Gasteiger partial charge on any atom is -0.353 e. The Morgan fingerprint density at radius 2 is 1.31 bits per heavy atom. The highest BCUT2D eigenvalue weighted by molar-refractivity contribution is 8.02. The van der Waals surface area contributed by atoms with Gasteiger partial charge >= 0.3 is 0 Å². The number of allylic oxidation sites excluding steroid dienone is 1. The van der Waals surface area contributed by atoms with E-state index in [1.54, 1.807) is 11.3 Å². The molecule has 0 unspecified atom stereocenters. The van der Waals surface area contributed by atoms with Crippen LogP contribution in [0, 0.1) is 6.92 Å². The van der Waals surface area contributed by atoms with Crippen molar-refractivity contribution >= 4 is 77.9 Å². The predicted molar refractivity (Wildman–Crippen MR) is 250 cm³/mol. The molecule has 0 fully saturated rings. The molecule has 0 atom stereocenters. The highest BCUT2D eigenvalue weighted by Gasteiger charge is 2.19. The normalized spacial score (nSPS) is 14.0. The van der Waals surface area contributed by atoms with Crippen molar-refractivity contribution in [3.63, 3.8) is 0 Å². The molecule has 304 valence electrons. The van der Waals surface area contributed by atoms with Gasteiger partial charge in [0.15, 0.2) is 0 Å². The number of aromatic nitrogens is 12. The molecule has 0 aliphatic carbocycles. The van der Waals surface area contributed by atoms with Gasteiger partial charge < -0.3 is 19.9 Å². The van der Waals surface area contributed by atoms with E-state index in [4.69, 9.17) is 0 Å². The maximum atomic E-state index is 4.66. The van der Waals surface area contributed by atoms with Crippen molar-refractivity contribution in [1.82, 2.24) is 65.2 Å². The first kappa shape index (κ1) is 38.5. The number of aromatic amines is 4. The third-order valence-electron chi connectivity index (χ3n) is 11.2. The molecule has 2 aliphatic heterocycles. The largest absolute Gasteiger partial charge is 0.353 e. The molecular weight excluding hydrogens is 799 g/mol. The van der Waals surface area contributed by atoms with Crippen LogP contribution in [0.2, 0.25) is 0 Å². The number of thioether (sulfide) groups is 1. The summed E-state index contributed by atoms with van der Waals surface area (Å²) < 4.78 is 2.04. The second-order valence-electron chi connectivity index (χ2n) is 14.7. The van der Waals surface area contributed by atoms with Crippen LogP contribution in [0.5, 0.6) is 0 Å². The Morgan fingerprint density at radius 3 is 1.92 bits per heavy atom. The van der Waals surface area contributed by atoms with Crippen molar-refractivity contribution in [2.45, 2.75) is 33.6 Å². The van der Waals surface area contributed by atoms with Crippen LogP contribution >= 0.6 is 23.1 Å². The van der Waals surface area contributed by atoms with E-state index in [0.29, 0.717) is 0 Å². The number of thiophene rings is 1. The van der Waals surface area contributed by atoms with Gasteiger partial charge in [0.25, 0.3) is 0 Å². The number of hydrogen-bond acceptors (Lipinski definition) is 10. The zero-order chi connectivity index (χ0) is 41.5. The molecule has 0 spiro atoms. The first-order valence-electron chi connectivity index (χ1n) is 20.4. The molecule has 10 aromatic rings. The van der Waals surface area contributed by atoms with Crippen LogP contribution in [-0.4, -0.2) is 78.7 Å². The van der Waals surface area contributed by atoms with Crippen molar-refractivity contribution < 1.29 is 0 Å². The molecular formula is C46H43N13S2. The van der Waals surface area contributed by atoms with Gasteiger partial charge in [0, 0.05) is 75.3 Å². The molecule has 0 bridgehead atoms. The third-order valence-corrected chi connectivity index (χ3v) is 12.8. The number of imidazole rings is 1. The lowest BCUT2D eigenvalue weighted by Gasteiger charge is -2.13. The van der Waals surface area contributed by atoms with Crippen LogP contribution in [0.4, 0.5) is 0 Å². The fraction of sp³-hybridized carbons (Fsp3) is 0.196. The summed E-state index contributed by atoms with van der Waals surface area (Å²) in [7, 11) is 2.00. The lowest BCUT2D eigenvalue weighted by molar-refractivity contribution is 0.737. The number of nitrogens with one attached hydrogen (secondary N) is 5. The summed E-state index contributed by atoms with van der Waals surface area (Å²) in [6.07, 6.45) is 13.6. The van der Waals surface area contributed by atoms with Crippen LogP contribution in [0.15, 0.2) is 95.7 Å². The van der Waals surface area contributed by atoms with Crippen molar-refractivity contribution in [1.29, 1.82) is 0 Å². The Labute approximate surface area is 359 Å². The van der Waals surface area contributed by atoms with Gasteiger partial charge in [-0.1, -0.05) is 19.9 Å². The molecule has 12 rings (SSSR count). The summed E-state index contributed by atoms with van der Waals surface area (Å²) in [5.74, 6) is 2.08. The number of H-pyrrole nitrogens is 4. The Kier molecular flexibility index (Phi) is 10.4. The fourth-order valence-corrected chi connectivity index (χ4v) is 9.49. The quantitative estimate of drug-likeness (QED) is 0.109. The van der Waals surface area contributed by atoms with Gasteiger partial charge in [-0.3, -0.25) is 30.1 Å². The minimum atomic E-state index is 0.875. The summed E-state index contributed by atoms with van der Waals surface area (Å²) in [4.78, 5) is 30.0. The monoisotopic (exact) mass is 841 g/mol. The average molecular weight is 842 g/mol. The topological polar surface area (TPSA) is 170 Å². The molecule has 15 heteroatoms. The molecule has 5 N–H and O–H groups in total. The van der Waals surface area contributed by atoms with E-state index in [9.17, 15) is 0 Å². The Morgan fingerprint density at radius 1 is 0.656 bits per heavy atom. The zero-order valence-electron chi connectivity index (χ0n) is 34.2. The lowest BCUT2D eigenvalue weighted by Crippen LogP contribution is -2.20. The van der Waals surface area contributed by atoms with Crippen LogP contribution in [-0.2, 0) is 7.05 Å². The summed E-state index contributed by atoms with van der Waals surface area (Å²) in [6, 6.07) is 14.7. The molecule has 13 nitrogen and oxygen atoms in total. The smallest absolute Gasteiger partial charge is 0.116 e. The second-order valence-corrected chi connectivity index (χ2v) is 16.4. The van der Waals surface area contributed by atoms with Crippen molar-refractivity contribution in [3.05, 3.63) is 113 Å². The Bertz CT molecular complexity index is 3250. The van der Waals surface area contributed by atoms with E-state index < -0.39 is 0 Å². The highest BCUT2D eigenvalue weighted by atomic mass is 32.2. The summed E-state index contributed by atoms with van der Waals surface area (Å²) in [6.45, 7) is 7.87. The van der Waals surface area contributed by atoms with E-state index in [1.165, 1.54) is 11.1 Å². The maximum absolute atomic E-state index is 4.66. The van der Waals surface area contributed by atoms with E-state index >= 15 is 0 Å². The van der Waals surface area contributed by atoms with Gasteiger partial charge in [-0.15, -0.1) is 11.8 Å². The number of fused-ring (bicyclic) bond motifs is 4. The van der Waals surface area contributed by atoms with E-state index in [-0.39, 0.29) is 0 Å². The first-order valence-corrected chi connectivity index (χ1v) is 22.4. The number of nitrogens with zero attached hydrogens (tertiary/aromatic N) is 8. The van der Waals surface area contributed by atoms with Gasteiger partial charge in [0.1, 0.15) is 17.2 Å². The van der Waals surface area contributed by atoms with Crippen molar-refractivity contribution in [3.8, 4) is 45.4 Å². The number of aryl methyl sites for hydroxylation is 1. The molecule has 0 saturated carbocycles. The second kappa shape index (κ2) is 16.4. The maximum Gasteiger partial charge on any atom is 0.116 e. The van der Waals surface area contributed by atoms with Crippen LogP contribution in [0.1, 0.15) is 43.9 Å². The molecule has 61 heavy (non-hydrogen) atoms. The van der Waals surface area contributed by atoms with E-state index in [2.05, 4.69) is 113 Å². The summed E-state index contributed by atoms with van der Waals surface area (Å²) >= 11 is 3.53. The minimum absolute atomic E-state index is 0.875. The predicted octanol–water partition coefficient (Wildman–Crippen LogP) is 10.3. The van der Waals surface area contributed by atoms with Gasteiger partial charge in [0.2, 0.25) is 0 Å². The van der Waals surface area contributed by atoms with Crippen LogP contribution < -0.4 is 5.32 Å². The van der Waals surface area contributed by atoms with Gasteiger partial charge in [-0.2, -0.15) is 21.5 Å². The molecule has 0 amide bonds. The SMILES string of the molecule is C1=C(c2cc3c(-c4cc5c(-c6ccsc6)nccc5[nH]4)n[nH]c3cn2)CCNC1.CC.Cc1ncc(-c2cc3c(-c4cc5c(C6=CSCC6)nccc5[nH]4)n[nH]c3cn2)n1C. The highest BCUT2D eigenvalue weighted by Crippen LogP contribution is 2.37. The number of rotatable bonds is 6. The molecule has 2 aliphatic rings. The van der Waals surface area contributed by atoms with Crippen LogP contribution in [0.3, 0.4) is 0 Å². The zero-order valence-corrected chi connectivity index (χ0v) is 35.8. The van der Waals surface area contributed by atoms with Crippen molar-refractivity contribution in [2.24, 2.45) is 7.05 Å². The Hall–Kier alpha value is -6.68. The summed E-state index contributed by atoms with van der Waals surface area (Å²) in [5, 5.41) is 29.5. The molecule has 10 aromatic heterocycles. The number of hydrogen-bond donors (Lipinski definition) is 5. The third kappa shape index (κ3) is 7.13. The van der Waals surface area contributed by atoms with E-state index in [0.717, 1.165) is 138 Å².